The van der Waals surface area contributed by atoms with Crippen molar-refractivity contribution in [1.29, 1.82) is 0 Å². The number of carbonyl (C=O) groups is 2. The van der Waals surface area contributed by atoms with Gasteiger partial charge in [-0.2, -0.15) is 5.10 Å². The number of rotatable bonds is 7. The minimum absolute atomic E-state index is 0.213. The number of aromatic nitrogens is 2. The van der Waals surface area contributed by atoms with Crippen LogP contribution in [0.25, 0.3) is 22.0 Å². The van der Waals surface area contributed by atoms with Gasteiger partial charge in [0.2, 0.25) is 11.8 Å². The van der Waals surface area contributed by atoms with Gasteiger partial charge in [0.15, 0.2) is 0 Å². The zero-order valence-electron chi connectivity index (χ0n) is 19.2. The molecule has 0 aliphatic carbocycles. The van der Waals surface area contributed by atoms with Crippen LogP contribution < -0.4 is 16.2 Å². The van der Waals surface area contributed by atoms with E-state index in [-0.39, 0.29) is 18.0 Å². The van der Waals surface area contributed by atoms with Crippen LogP contribution in [-0.2, 0) is 17.8 Å². The molecule has 0 saturated carbocycles. The number of anilines is 1. The Labute approximate surface area is 197 Å². The number of nitrogens with two attached hydrogens (primary N) is 1. The third kappa shape index (κ3) is 4.45. The Hall–Kier alpha value is -4.26. The van der Waals surface area contributed by atoms with Crippen LogP contribution in [0.15, 0.2) is 77.6 Å². The summed E-state index contributed by atoms with van der Waals surface area (Å²) in [7, 11) is 0. The summed E-state index contributed by atoms with van der Waals surface area (Å²) in [6.45, 7) is 4.21. The number of primary amides is 1. The minimum Gasteiger partial charge on any atom is -0.366 e. The molecule has 2 N–H and O–H groups in total. The maximum atomic E-state index is 13.2. The standard InChI is InChI=1S/C27H26N4O3/c1-3-18-12-14-21(15-13-18)30(4-2)24(32)17-31-27(34)23-11-6-5-10-22(23)25(29-31)19-8-7-9-20(16-19)26(28)33/h5-16H,3-4,17H2,1-2H3,(H2,28,33). The summed E-state index contributed by atoms with van der Waals surface area (Å²) >= 11 is 0. The second-order valence-electron chi connectivity index (χ2n) is 7.96. The van der Waals surface area contributed by atoms with Crippen LogP contribution in [0.1, 0.15) is 29.8 Å². The van der Waals surface area contributed by atoms with Crippen molar-refractivity contribution >= 4 is 28.3 Å². The molecule has 4 aromatic rings. The van der Waals surface area contributed by atoms with E-state index in [0.29, 0.717) is 34.1 Å². The van der Waals surface area contributed by atoms with Gasteiger partial charge in [-0.05, 0) is 49.2 Å². The van der Waals surface area contributed by atoms with Gasteiger partial charge in [0.25, 0.3) is 5.56 Å². The highest BCUT2D eigenvalue weighted by Gasteiger charge is 2.19. The molecule has 0 unspecified atom stereocenters. The lowest BCUT2D eigenvalue weighted by Gasteiger charge is -2.22. The van der Waals surface area contributed by atoms with Gasteiger partial charge in [-0.1, -0.05) is 49.4 Å². The largest absolute Gasteiger partial charge is 0.366 e. The molecule has 0 aliphatic heterocycles. The molecule has 0 saturated heterocycles. The van der Waals surface area contributed by atoms with Gasteiger partial charge < -0.3 is 10.6 Å². The quantitative estimate of drug-likeness (QED) is 0.459. The lowest BCUT2D eigenvalue weighted by atomic mass is 10.0. The average Bonchev–Trinajstić information content (AvgIpc) is 2.86. The molecule has 34 heavy (non-hydrogen) atoms. The summed E-state index contributed by atoms with van der Waals surface area (Å²) in [6.07, 6.45) is 0.913. The van der Waals surface area contributed by atoms with Gasteiger partial charge in [0, 0.05) is 28.7 Å². The number of hydrogen-bond acceptors (Lipinski definition) is 4. The first-order valence-electron chi connectivity index (χ1n) is 11.2. The summed E-state index contributed by atoms with van der Waals surface area (Å²) in [5.74, 6) is -0.796. The third-order valence-corrected chi connectivity index (χ3v) is 5.85. The highest BCUT2D eigenvalue weighted by molar-refractivity contribution is 5.98. The SMILES string of the molecule is CCc1ccc(N(CC)C(=O)Cn2nc(-c3cccc(C(N)=O)c3)c3ccccc3c2=O)cc1. The van der Waals surface area contributed by atoms with Crippen LogP contribution in [0.2, 0.25) is 0 Å². The van der Waals surface area contributed by atoms with Crippen molar-refractivity contribution in [2.24, 2.45) is 5.73 Å². The smallest absolute Gasteiger partial charge is 0.275 e. The minimum atomic E-state index is -0.553. The van der Waals surface area contributed by atoms with Crippen LogP contribution in [0.5, 0.6) is 0 Å². The van der Waals surface area contributed by atoms with Gasteiger partial charge in [-0.25, -0.2) is 4.68 Å². The lowest BCUT2D eigenvalue weighted by molar-refractivity contribution is -0.119. The topological polar surface area (TPSA) is 98.3 Å². The second kappa shape index (κ2) is 9.70. The van der Waals surface area contributed by atoms with Crippen molar-refractivity contribution in [3.8, 4) is 11.3 Å². The monoisotopic (exact) mass is 454 g/mol. The molecule has 0 bridgehead atoms. The van der Waals surface area contributed by atoms with Gasteiger partial charge in [-0.3, -0.25) is 14.4 Å². The van der Waals surface area contributed by atoms with E-state index >= 15 is 0 Å². The number of likely N-dealkylation sites (N-methyl/N-ethyl adjacent to an activating group) is 1. The van der Waals surface area contributed by atoms with Crippen molar-refractivity contribution < 1.29 is 9.59 Å². The molecule has 7 nitrogen and oxygen atoms in total. The number of nitrogens with zero attached hydrogens (tertiary/aromatic N) is 3. The average molecular weight is 455 g/mol. The summed E-state index contributed by atoms with van der Waals surface area (Å²) in [5.41, 5.74) is 8.53. The van der Waals surface area contributed by atoms with Crippen LogP contribution >= 0.6 is 0 Å². The highest BCUT2D eigenvalue weighted by Crippen LogP contribution is 2.25. The van der Waals surface area contributed by atoms with Gasteiger partial charge >= 0.3 is 0 Å². The number of hydrogen-bond donors (Lipinski definition) is 1. The van der Waals surface area contributed by atoms with E-state index in [1.807, 2.05) is 37.3 Å². The fourth-order valence-electron chi connectivity index (χ4n) is 4.00. The van der Waals surface area contributed by atoms with Crippen LogP contribution in [0.4, 0.5) is 5.69 Å². The molecule has 0 radical (unpaired) electrons. The molecular weight excluding hydrogens is 428 g/mol. The molecule has 0 aliphatic rings. The van der Waals surface area contributed by atoms with Crippen molar-refractivity contribution in [2.45, 2.75) is 26.8 Å². The number of amides is 2. The van der Waals surface area contributed by atoms with Crippen molar-refractivity contribution in [3.05, 3.63) is 94.3 Å². The molecule has 1 heterocycles. The Balaban J connectivity index is 1.77. The van der Waals surface area contributed by atoms with E-state index in [1.54, 1.807) is 47.4 Å². The second-order valence-corrected chi connectivity index (χ2v) is 7.96. The molecule has 172 valence electrons. The highest BCUT2D eigenvalue weighted by atomic mass is 16.2. The van der Waals surface area contributed by atoms with Crippen molar-refractivity contribution in [2.75, 3.05) is 11.4 Å². The van der Waals surface area contributed by atoms with E-state index < -0.39 is 5.91 Å². The fourth-order valence-corrected chi connectivity index (χ4v) is 4.00. The molecule has 1 aromatic heterocycles. The number of fused-ring (bicyclic) bond motifs is 1. The maximum absolute atomic E-state index is 13.2. The van der Waals surface area contributed by atoms with E-state index in [9.17, 15) is 14.4 Å². The van der Waals surface area contributed by atoms with E-state index in [4.69, 9.17) is 5.73 Å². The molecule has 7 heteroatoms. The van der Waals surface area contributed by atoms with E-state index in [2.05, 4.69) is 12.0 Å². The third-order valence-electron chi connectivity index (χ3n) is 5.85. The molecule has 0 fully saturated rings. The summed E-state index contributed by atoms with van der Waals surface area (Å²) in [4.78, 5) is 39.8. The van der Waals surface area contributed by atoms with E-state index in [1.165, 1.54) is 10.2 Å². The first kappa shape index (κ1) is 22.9. The van der Waals surface area contributed by atoms with Crippen LogP contribution in [-0.4, -0.2) is 28.1 Å². The first-order valence-corrected chi connectivity index (χ1v) is 11.2. The summed E-state index contributed by atoms with van der Waals surface area (Å²) < 4.78 is 1.19. The predicted molar refractivity (Wildman–Crippen MR) is 134 cm³/mol. The summed E-state index contributed by atoms with van der Waals surface area (Å²) in [6, 6.07) is 21.7. The Bertz CT molecular complexity index is 1420. The van der Waals surface area contributed by atoms with Crippen LogP contribution in [0.3, 0.4) is 0 Å². The molecule has 4 rings (SSSR count). The Morgan fingerprint density at radius 1 is 0.941 bits per heavy atom. The van der Waals surface area contributed by atoms with Gasteiger partial charge in [-0.15, -0.1) is 0 Å². The number of aryl methyl sites for hydroxylation is 1. The maximum Gasteiger partial charge on any atom is 0.275 e. The predicted octanol–water partition coefficient (Wildman–Crippen LogP) is 3.78. The Kier molecular flexibility index (Phi) is 6.54. The van der Waals surface area contributed by atoms with Gasteiger partial charge in [0.1, 0.15) is 6.54 Å². The normalized spacial score (nSPS) is 10.9. The number of carbonyl (C=O) groups excluding carboxylic acids is 2. The lowest BCUT2D eigenvalue weighted by Crippen LogP contribution is -2.37. The van der Waals surface area contributed by atoms with E-state index in [0.717, 1.165) is 12.1 Å². The molecule has 2 amide bonds. The van der Waals surface area contributed by atoms with Crippen molar-refractivity contribution in [3.63, 3.8) is 0 Å². The molecule has 0 spiro atoms. The Morgan fingerprint density at radius 3 is 2.29 bits per heavy atom. The Morgan fingerprint density at radius 2 is 1.65 bits per heavy atom. The number of benzene rings is 3. The first-order chi connectivity index (χ1) is 16.4. The fraction of sp³-hybridized carbons (Fsp3) is 0.185. The molecule has 0 atom stereocenters. The van der Waals surface area contributed by atoms with Crippen LogP contribution in [0, 0.1) is 0 Å². The zero-order chi connectivity index (χ0) is 24.2. The van der Waals surface area contributed by atoms with Gasteiger partial charge in [0.05, 0.1) is 11.1 Å². The van der Waals surface area contributed by atoms with Crippen molar-refractivity contribution in [1.82, 2.24) is 9.78 Å². The molecular formula is C27H26N4O3. The zero-order valence-corrected chi connectivity index (χ0v) is 19.2. The molecule has 3 aromatic carbocycles. The summed E-state index contributed by atoms with van der Waals surface area (Å²) in [5, 5.41) is 5.64.